The van der Waals surface area contributed by atoms with Gasteiger partial charge in [0.2, 0.25) is 0 Å². The first-order valence-corrected chi connectivity index (χ1v) is 5.43. The minimum Gasteiger partial charge on any atom is -0.481 e. The number of nitrogens with one attached hydrogen (secondary N) is 2. The summed E-state index contributed by atoms with van der Waals surface area (Å²) < 4.78 is 0. The summed E-state index contributed by atoms with van der Waals surface area (Å²) >= 11 is 0. The molecule has 0 radical (unpaired) electrons. The van der Waals surface area contributed by atoms with Crippen molar-refractivity contribution < 1.29 is 24.9 Å². The number of aliphatic hydroxyl groups excluding tert-OH is 2. The molecule has 0 rings (SSSR count). The average Bonchev–Trinajstić information content (AvgIpc) is 2.12. The number of hydrogen-bond acceptors (Lipinski definition) is 4. The highest BCUT2D eigenvalue weighted by Crippen LogP contribution is 2.01. The van der Waals surface area contributed by atoms with E-state index in [4.69, 9.17) is 5.11 Å². The number of urea groups is 1. The Kier molecular flexibility index (Phi) is 7.24. The van der Waals surface area contributed by atoms with E-state index in [0.29, 0.717) is 0 Å². The van der Waals surface area contributed by atoms with Gasteiger partial charge in [0, 0.05) is 19.0 Å². The zero-order valence-corrected chi connectivity index (χ0v) is 10.0. The maximum absolute atomic E-state index is 11.1. The van der Waals surface area contributed by atoms with Gasteiger partial charge in [-0.3, -0.25) is 4.79 Å². The third-order valence-corrected chi connectivity index (χ3v) is 1.87. The number of amides is 2. The van der Waals surface area contributed by atoms with Crippen LogP contribution in [0.2, 0.25) is 0 Å². The highest BCUT2D eigenvalue weighted by atomic mass is 16.4. The van der Waals surface area contributed by atoms with Crippen LogP contribution in [-0.2, 0) is 4.79 Å². The van der Waals surface area contributed by atoms with Crippen molar-refractivity contribution in [2.45, 2.75) is 44.9 Å². The molecule has 0 spiro atoms. The highest BCUT2D eigenvalue weighted by Gasteiger charge is 2.15. The molecule has 0 aliphatic heterocycles. The summed E-state index contributed by atoms with van der Waals surface area (Å²) in [6.07, 6.45) is -2.59. The second-order valence-corrected chi connectivity index (χ2v) is 4.15. The molecule has 5 N–H and O–H groups in total. The van der Waals surface area contributed by atoms with Crippen LogP contribution < -0.4 is 10.6 Å². The highest BCUT2D eigenvalue weighted by molar-refractivity contribution is 5.74. The minimum atomic E-state index is -1.13. The van der Waals surface area contributed by atoms with Crippen molar-refractivity contribution in [3.05, 3.63) is 0 Å². The molecule has 17 heavy (non-hydrogen) atoms. The van der Waals surface area contributed by atoms with Crippen LogP contribution in [0.5, 0.6) is 0 Å². The van der Waals surface area contributed by atoms with Crippen molar-refractivity contribution in [2.75, 3.05) is 6.54 Å². The molecule has 0 aromatic carbocycles. The lowest BCUT2D eigenvalue weighted by molar-refractivity contribution is -0.139. The van der Waals surface area contributed by atoms with Crippen LogP contribution in [0.1, 0.15) is 26.7 Å². The van der Waals surface area contributed by atoms with E-state index in [1.165, 1.54) is 0 Å². The fourth-order valence-electron chi connectivity index (χ4n) is 1.21. The first-order valence-electron chi connectivity index (χ1n) is 5.43. The minimum absolute atomic E-state index is 0.00950. The summed E-state index contributed by atoms with van der Waals surface area (Å²) in [5.74, 6) is -1.13. The molecular weight excluding hydrogens is 228 g/mol. The number of carboxylic acid groups (broad SMARTS) is 1. The molecule has 0 aliphatic carbocycles. The molecule has 0 aromatic heterocycles. The summed E-state index contributed by atoms with van der Waals surface area (Å²) in [5.41, 5.74) is 0. The van der Waals surface area contributed by atoms with Gasteiger partial charge in [-0.15, -0.1) is 0 Å². The smallest absolute Gasteiger partial charge is 0.315 e. The van der Waals surface area contributed by atoms with Gasteiger partial charge in [-0.25, -0.2) is 4.79 Å². The van der Waals surface area contributed by atoms with E-state index in [1.807, 2.05) is 0 Å². The molecule has 0 saturated carbocycles. The molecule has 0 fully saturated rings. The number of carbonyl (C=O) groups excluding carboxylic acids is 1. The second kappa shape index (κ2) is 7.86. The normalized spacial score (nSPS) is 14.2. The lowest BCUT2D eigenvalue weighted by atomic mass is 10.1. The Morgan fingerprint density at radius 1 is 1.18 bits per heavy atom. The van der Waals surface area contributed by atoms with E-state index in [9.17, 15) is 19.8 Å². The zero-order valence-electron chi connectivity index (χ0n) is 10.0. The molecule has 0 saturated heterocycles. The standard InChI is InChI=1S/C10H20N2O5/c1-6(2)12-10(17)11-5-8(14)3-7(13)4-9(15)16/h6-8,13-14H,3-5H2,1-2H3,(H,15,16)(H2,11,12,17)/t7-,8+/m1/s1. The summed E-state index contributed by atoms with van der Waals surface area (Å²) in [5, 5.41) is 32.0. The molecule has 7 heteroatoms. The number of carboxylic acids is 1. The van der Waals surface area contributed by atoms with Crippen LogP contribution in [0.15, 0.2) is 0 Å². The van der Waals surface area contributed by atoms with Crippen molar-refractivity contribution in [1.82, 2.24) is 10.6 Å². The van der Waals surface area contributed by atoms with Gasteiger partial charge in [-0.2, -0.15) is 0 Å². The van der Waals surface area contributed by atoms with E-state index >= 15 is 0 Å². The number of hydrogen-bond donors (Lipinski definition) is 5. The van der Waals surface area contributed by atoms with Gasteiger partial charge in [0.15, 0.2) is 0 Å². The van der Waals surface area contributed by atoms with Crippen LogP contribution in [0.25, 0.3) is 0 Å². The van der Waals surface area contributed by atoms with Crippen molar-refractivity contribution in [3.63, 3.8) is 0 Å². The molecule has 100 valence electrons. The first-order chi connectivity index (χ1) is 7.81. The summed E-state index contributed by atoms with van der Waals surface area (Å²) in [6.45, 7) is 3.56. The quantitative estimate of drug-likeness (QED) is 0.407. The number of aliphatic hydroxyl groups is 2. The molecule has 7 nitrogen and oxygen atoms in total. The topological polar surface area (TPSA) is 119 Å². The van der Waals surface area contributed by atoms with Gasteiger partial charge in [-0.1, -0.05) is 0 Å². The molecule has 0 aromatic rings. The summed E-state index contributed by atoms with van der Waals surface area (Å²) in [4.78, 5) is 21.4. The first kappa shape index (κ1) is 15.7. The van der Waals surface area contributed by atoms with E-state index < -0.39 is 30.6 Å². The molecule has 0 unspecified atom stereocenters. The Morgan fingerprint density at radius 2 is 1.76 bits per heavy atom. The van der Waals surface area contributed by atoms with Crippen molar-refractivity contribution in [3.8, 4) is 0 Å². The lowest BCUT2D eigenvalue weighted by Gasteiger charge is -2.16. The van der Waals surface area contributed by atoms with Gasteiger partial charge < -0.3 is 26.0 Å². The van der Waals surface area contributed by atoms with Gasteiger partial charge in [-0.05, 0) is 13.8 Å². The van der Waals surface area contributed by atoms with Crippen LogP contribution in [0.4, 0.5) is 4.79 Å². The largest absolute Gasteiger partial charge is 0.481 e. The van der Waals surface area contributed by atoms with Crippen LogP contribution in [0.3, 0.4) is 0 Å². The molecule has 0 bridgehead atoms. The molecule has 2 atom stereocenters. The predicted octanol–water partition coefficient (Wildman–Crippen LogP) is -0.719. The number of aliphatic carboxylic acids is 1. The Bertz CT molecular complexity index is 257. The fourth-order valence-corrected chi connectivity index (χ4v) is 1.21. The molecule has 2 amide bonds. The second-order valence-electron chi connectivity index (χ2n) is 4.15. The van der Waals surface area contributed by atoms with Crippen LogP contribution >= 0.6 is 0 Å². The number of rotatable bonds is 7. The molecular formula is C10H20N2O5. The Hall–Kier alpha value is -1.34. The Balaban J connectivity index is 3.75. The van der Waals surface area contributed by atoms with Crippen molar-refractivity contribution in [2.24, 2.45) is 0 Å². The lowest BCUT2D eigenvalue weighted by Crippen LogP contribution is -2.43. The Labute approximate surface area is 99.8 Å². The average molecular weight is 248 g/mol. The van der Waals surface area contributed by atoms with E-state index in [2.05, 4.69) is 10.6 Å². The number of carbonyl (C=O) groups is 2. The fraction of sp³-hybridized carbons (Fsp3) is 0.800. The predicted molar refractivity (Wildman–Crippen MR) is 60.6 cm³/mol. The zero-order chi connectivity index (χ0) is 13.4. The molecule has 0 aliphatic rings. The Morgan fingerprint density at radius 3 is 2.24 bits per heavy atom. The maximum Gasteiger partial charge on any atom is 0.315 e. The van der Waals surface area contributed by atoms with E-state index in [1.54, 1.807) is 13.8 Å². The van der Waals surface area contributed by atoms with Crippen molar-refractivity contribution in [1.29, 1.82) is 0 Å². The van der Waals surface area contributed by atoms with E-state index in [-0.39, 0.29) is 19.0 Å². The molecule has 0 heterocycles. The van der Waals surface area contributed by atoms with Crippen LogP contribution in [-0.4, -0.2) is 52.1 Å². The van der Waals surface area contributed by atoms with E-state index in [0.717, 1.165) is 0 Å². The third kappa shape index (κ3) is 9.58. The van der Waals surface area contributed by atoms with Crippen molar-refractivity contribution >= 4 is 12.0 Å². The summed E-state index contributed by atoms with van der Waals surface area (Å²) in [6, 6.07) is -0.420. The van der Waals surface area contributed by atoms with Crippen LogP contribution in [0, 0.1) is 0 Å². The van der Waals surface area contributed by atoms with Gasteiger partial charge >= 0.3 is 12.0 Å². The SMILES string of the molecule is CC(C)NC(=O)NC[C@@H](O)C[C@@H](O)CC(=O)O. The van der Waals surface area contributed by atoms with Gasteiger partial charge in [0.1, 0.15) is 0 Å². The summed E-state index contributed by atoms with van der Waals surface area (Å²) in [7, 11) is 0. The monoisotopic (exact) mass is 248 g/mol. The van der Waals surface area contributed by atoms with Gasteiger partial charge in [0.25, 0.3) is 0 Å². The third-order valence-electron chi connectivity index (χ3n) is 1.87. The maximum atomic E-state index is 11.1. The van der Waals surface area contributed by atoms with Gasteiger partial charge in [0.05, 0.1) is 18.6 Å².